The molecule has 3 aromatic carbocycles. The molecule has 1 N–H and O–H groups in total. The average molecular weight is 400 g/mol. The summed E-state index contributed by atoms with van der Waals surface area (Å²) in [7, 11) is 0. The maximum atomic E-state index is 5.84. The van der Waals surface area contributed by atoms with Gasteiger partial charge in [0.25, 0.3) is 0 Å². The number of hydrogen-bond donors (Lipinski definition) is 1. The van der Waals surface area contributed by atoms with Crippen molar-refractivity contribution in [1.82, 2.24) is 4.98 Å². The Labute approximate surface area is 174 Å². The topological polar surface area (TPSA) is 46.5 Å². The molecule has 0 saturated carbocycles. The molecule has 1 heterocycles. The lowest BCUT2D eigenvalue weighted by molar-refractivity contribution is 0.306. The maximum absolute atomic E-state index is 5.84. The van der Waals surface area contributed by atoms with Crippen molar-refractivity contribution in [2.24, 2.45) is 5.10 Å². The van der Waals surface area contributed by atoms with Crippen LogP contribution in [0.25, 0.3) is 11.3 Å². The molecular formula is C24H21N3OS. The Balaban J connectivity index is 1.30. The smallest absolute Gasteiger partial charge is 0.203 e. The van der Waals surface area contributed by atoms with Crippen molar-refractivity contribution < 1.29 is 4.74 Å². The quantitative estimate of drug-likeness (QED) is 0.300. The predicted molar refractivity (Wildman–Crippen MR) is 121 cm³/mol. The zero-order chi connectivity index (χ0) is 19.9. The first-order valence-corrected chi connectivity index (χ1v) is 10.2. The number of rotatable bonds is 7. The number of aryl methyl sites for hydroxylation is 1. The van der Waals surface area contributed by atoms with E-state index in [1.165, 1.54) is 16.9 Å². The van der Waals surface area contributed by atoms with E-state index in [1.54, 1.807) is 6.21 Å². The van der Waals surface area contributed by atoms with E-state index in [0.29, 0.717) is 6.61 Å². The van der Waals surface area contributed by atoms with Gasteiger partial charge in [-0.3, -0.25) is 5.43 Å². The van der Waals surface area contributed by atoms with E-state index >= 15 is 0 Å². The van der Waals surface area contributed by atoms with Crippen LogP contribution in [0.5, 0.6) is 5.75 Å². The van der Waals surface area contributed by atoms with Crippen LogP contribution in [-0.2, 0) is 6.61 Å². The minimum absolute atomic E-state index is 0.559. The van der Waals surface area contributed by atoms with E-state index in [4.69, 9.17) is 4.74 Å². The average Bonchev–Trinajstić information content (AvgIpc) is 3.24. The summed E-state index contributed by atoms with van der Waals surface area (Å²) >= 11 is 1.53. The standard InChI is InChI=1S/C24H21N3OS/c1-18-7-9-20(10-8-18)16-28-22-13-11-19(12-14-22)15-25-27-24-26-23(17-29-24)21-5-3-2-4-6-21/h2-15,17H,16H2,1H3,(H,26,27)/b25-15-. The molecule has 4 aromatic rings. The monoisotopic (exact) mass is 399 g/mol. The van der Waals surface area contributed by atoms with Crippen molar-refractivity contribution in [1.29, 1.82) is 0 Å². The third kappa shape index (κ3) is 5.30. The SMILES string of the molecule is Cc1ccc(COc2ccc(/C=N\Nc3nc(-c4ccccc4)cs3)cc2)cc1. The van der Waals surface area contributed by atoms with Gasteiger partial charge in [-0.15, -0.1) is 11.3 Å². The van der Waals surface area contributed by atoms with Crippen molar-refractivity contribution in [2.45, 2.75) is 13.5 Å². The van der Waals surface area contributed by atoms with Crippen molar-refractivity contribution in [3.63, 3.8) is 0 Å². The molecule has 0 aliphatic rings. The molecule has 0 radical (unpaired) electrons. The van der Waals surface area contributed by atoms with Crippen LogP contribution in [0.15, 0.2) is 89.3 Å². The van der Waals surface area contributed by atoms with Crippen LogP contribution in [0.3, 0.4) is 0 Å². The van der Waals surface area contributed by atoms with E-state index < -0.39 is 0 Å². The number of benzene rings is 3. The van der Waals surface area contributed by atoms with E-state index in [-0.39, 0.29) is 0 Å². The molecule has 0 amide bonds. The van der Waals surface area contributed by atoms with Crippen LogP contribution in [0, 0.1) is 6.92 Å². The minimum atomic E-state index is 0.559. The second-order valence-corrected chi connectivity index (χ2v) is 7.48. The second kappa shape index (κ2) is 9.17. The van der Waals surface area contributed by atoms with Crippen LogP contribution < -0.4 is 10.2 Å². The molecule has 0 unspecified atom stereocenters. The molecule has 0 bridgehead atoms. The first kappa shape index (κ1) is 18.9. The van der Waals surface area contributed by atoms with Crippen LogP contribution in [0.4, 0.5) is 5.13 Å². The Morgan fingerprint density at radius 1 is 0.966 bits per heavy atom. The maximum Gasteiger partial charge on any atom is 0.203 e. The molecule has 1 aromatic heterocycles. The van der Waals surface area contributed by atoms with E-state index in [1.807, 2.05) is 60.0 Å². The Hall–Kier alpha value is -3.44. The van der Waals surface area contributed by atoms with Crippen molar-refractivity contribution >= 4 is 22.7 Å². The summed E-state index contributed by atoms with van der Waals surface area (Å²) in [4.78, 5) is 4.56. The largest absolute Gasteiger partial charge is 0.489 e. The lowest BCUT2D eigenvalue weighted by Gasteiger charge is -2.06. The second-order valence-electron chi connectivity index (χ2n) is 6.62. The van der Waals surface area contributed by atoms with Gasteiger partial charge >= 0.3 is 0 Å². The third-order valence-electron chi connectivity index (χ3n) is 4.35. The molecule has 4 rings (SSSR count). The summed E-state index contributed by atoms with van der Waals surface area (Å²) in [5.74, 6) is 0.836. The summed E-state index contributed by atoms with van der Waals surface area (Å²) in [5, 5.41) is 7.07. The summed E-state index contributed by atoms with van der Waals surface area (Å²) in [6, 6.07) is 26.3. The van der Waals surface area contributed by atoms with Gasteiger partial charge in [0.15, 0.2) is 0 Å². The lowest BCUT2D eigenvalue weighted by Crippen LogP contribution is -1.95. The van der Waals surface area contributed by atoms with E-state index in [0.717, 1.165) is 33.3 Å². The summed E-state index contributed by atoms with van der Waals surface area (Å²) in [6.45, 7) is 2.64. The highest BCUT2D eigenvalue weighted by molar-refractivity contribution is 7.14. The molecular weight excluding hydrogens is 378 g/mol. The van der Waals surface area contributed by atoms with E-state index in [9.17, 15) is 0 Å². The van der Waals surface area contributed by atoms with Gasteiger partial charge in [-0.1, -0.05) is 60.2 Å². The highest BCUT2D eigenvalue weighted by Gasteiger charge is 2.03. The molecule has 0 saturated heterocycles. The van der Waals surface area contributed by atoms with Crippen molar-refractivity contribution in [2.75, 3.05) is 5.43 Å². The first-order chi connectivity index (χ1) is 14.3. The fourth-order valence-electron chi connectivity index (χ4n) is 2.73. The zero-order valence-corrected chi connectivity index (χ0v) is 16.9. The summed E-state index contributed by atoms with van der Waals surface area (Å²) in [5.41, 5.74) is 8.43. The molecule has 0 aliphatic heterocycles. The Bertz CT molecular complexity index is 1070. The van der Waals surface area contributed by atoms with Gasteiger partial charge in [-0.25, -0.2) is 4.98 Å². The van der Waals surface area contributed by atoms with Gasteiger partial charge in [0, 0.05) is 10.9 Å². The van der Waals surface area contributed by atoms with Gasteiger partial charge in [0.05, 0.1) is 11.9 Å². The predicted octanol–water partition coefficient (Wildman–Crippen LogP) is 6.14. The number of nitrogens with one attached hydrogen (secondary N) is 1. The minimum Gasteiger partial charge on any atom is -0.489 e. The van der Waals surface area contributed by atoms with E-state index in [2.05, 4.69) is 46.7 Å². The third-order valence-corrected chi connectivity index (χ3v) is 5.10. The Morgan fingerprint density at radius 2 is 1.72 bits per heavy atom. The number of hydrazone groups is 1. The summed E-state index contributed by atoms with van der Waals surface area (Å²) in [6.07, 6.45) is 1.77. The van der Waals surface area contributed by atoms with Crippen LogP contribution in [0.2, 0.25) is 0 Å². The number of thiazole rings is 1. The molecule has 0 atom stereocenters. The zero-order valence-electron chi connectivity index (χ0n) is 16.1. The molecule has 0 aliphatic carbocycles. The van der Waals surface area contributed by atoms with Gasteiger partial charge in [-0.2, -0.15) is 5.10 Å². The molecule has 144 valence electrons. The molecule has 0 spiro atoms. The number of ether oxygens (including phenoxy) is 1. The first-order valence-electron chi connectivity index (χ1n) is 9.35. The molecule has 5 heteroatoms. The van der Waals surface area contributed by atoms with Gasteiger partial charge in [0.1, 0.15) is 12.4 Å². The lowest BCUT2D eigenvalue weighted by atomic mass is 10.2. The van der Waals surface area contributed by atoms with Crippen molar-refractivity contribution in [3.05, 3.63) is 101 Å². The van der Waals surface area contributed by atoms with Crippen LogP contribution in [0.1, 0.15) is 16.7 Å². The number of nitrogens with zero attached hydrogens (tertiary/aromatic N) is 2. The molecule has 4 nitrogen and oxygen atoms in total. The van der Waals surface area contributed by atoms with Crippen molar-refractivity contribution in [3.8, 4) is 17.0 Å². The summed E-state index contributed by atoms with van der Waals surface area (Å²) < 4.78 is 5.84. The highest BCUT2D eigenvalue weighted by atomic mass is 32.1. The van der Waals surface area contributed by atoms with Crippen LogP contribution in [-0.4, -0.2) is 11.2 Å². The fraction of sp³-hybridized carbons (Fsp3) is 0.0833. The van der Waals surface area contributed by atoms with Gasteiger partial charge in [-0.05, 0) is 42.3 Å². The van der Waals surface area contributed by atoms with Gasteiger partial charge in [0.2, 0.25) is 5.13 Å². The molecule has 0 fully saturated rings. The number of anilines is 1. The normalized spacial score (nSPS) is 10.9. The number of aromatic nitrogens is 1. The Kier molecular flexibility index (Phi) is 5.98. The molecule has 29 heavy (non-hydrogen) atoms. The van der Waals surface area contributed by atoms with Crippen LogP contribution >= 0.6 is 11.3 Å². The Morgan fingerprint density at radius 3 is 2.48 bits per heavy atom. The highest BCUT2D eigenvalue weighted by Crippen LogP contribution is 2.24. The van der Waals surface area contributed by atoms with Gasteiger partial charge < -0.3 is 4.74 Å². The fourth-order valence-corrected chi connectivity index (χ4v) is 3.40. The number of hydrogen-bond acceptors (Lipinski definition) is 5.